The van der Waals surface area contributed by atoms with Crippen molar-refractivity contribution in [3.63, 3.8) is 0 Å². The van der Waals surface area contributed by atoms with Crippen molar-refractivity contribution in [2.45, 2.75) is 0 Å². The maximum atomic E-state index is 13.0. The lowest BCUT2D eigenvalue weighted by atomic mass is 10.3. The molecule has 1 aromatic heterocycles. The van der Waals surface area contributed by atoms with Crippen LogP contribution in [0.4, 0.5) is 21.7 Å². The van der Waals surface area contributed by atoms with E-state index in [1.54, 1.807) is 31.6 Å². The SMILES string of the molecule is CNc1cncc(Nc2ccc(F)c(Br)c2)n1. The van der Waals surface area contributed by atoms with E-state index in [0.29, 0.717) is 16.1 Å². The van der Waals surface area contributed by atoms with Gasteiger partial charge in [-0.1, -0.05) is 0 Å². The highest BCUT2D eigenvalue weighted by atomic mass is 79.9. The number of rotatable bonds is 3. The number of anilines is 3. The molecule has 0 saturated heterocycles. The van der Waals surface area contributed by atoms with Gasteiger partial charge in [0.15, 0.2) is 5.82 Å². The smallest absolute Gasteiger partial charge is 0.151 e. The van der Waals surface area contributed by atoms with E-state index in [1.165, 1.54) is 6.07 Å². The van der Waals surface area contributed by atoms with E-state index in [2.05, 4.69) is 36.5 Å². The fourth-order valence-corrected chi connectivity index (χ4v) is 1.65. The predicted molar refractivity (Wildman–Crippen MR) is 69.0 cm³/mol. The minimum atomic E-state index is -0.300. The van der Waals surface area contributed by atoms with Crippen LogP contribution >= 0.6 is 15.9 Å². The third-order valence-electron chi connectivity index (χ3n) is 2.08. The van der Waals surface area contributed by atoms with Gasteiger partial charge < -0.3 is 10.6 Å². The summed E-state index contributed by atoms with van der Waals surface area (Å²) in [5, 5.41) is 5.93. The van der Waals surface area contributed by atoms with Gasteiger partial charge in [0.25, 0.3) is 0 Å². The first-order chi connectivity index (χ1) is 8.19. The second-order valence-electron chi connectivity index (χ2n) is 3.29. The van der Waals surface area contributed by atoms with E-state index >= 15 is 0 Å². The van der Waals surface area contributed by atoms with Crippen molar-refractivity contribution in [2.24, 2.45) is 0 Å². The molecule has 0 aliphatic carbocycles. The number of hydrogen-bond acceptors (Lipinski definition) is 4. The van der Waals surface area contributed by atoms with Gasteiger partial charge in [-0.25, -0.2) is 9.37 Å². The summed E-state index contributed by atoms with van der Waals surface area (Å²) in [6.07, 6.45) is 3.21. The molecule has 88 valence electrons. The van der Waals surface area contributed by atoms with Gasteiger partial charge in [-0.2, -0.15) is 0 Å². The fourth-order valence-electron chi connectivity index (χ4n) is 1.27. The van der Waals surface area contributed by atoms with Gasteiger partial charge in [0, 0.05) is 12.7 Å². The largest absolute Gasteiger partial charge is 0.372 e. The van der Waals surface area contributed by atoms with Crippen LogP contribution in [0.15, 0.2) is 35.1 Å². The monoisotopic (exact) mass is 296 g/mol. The molecule has 1 heterocycles. The number of halogens is 2. The summed E-state index contributed by atoms with van der Waals surface area (Å²) in [7, 11) is 1.77. The van der Waals surface area contributed by atoms with Crippen LogP contribution in [0.25, 0.3) is 0 Å². The Labute approximate surface area is 106 Å². The average molecular weight is 297 g/mol. The molecule has 0 atom stereocenters. The van der Waals surface area contributed by atoms with Crippen molar-refractivity contribution in [3.8, 4) is 0 Å². The average Bonchev–Trinajstić information content (AvgIpc) is 2.34. The molecule has 0 aliphatic rings. The Morgan fingerprint density at radius 1 is 1.24 bits per heavy atom. The number of nitrogens with one attached hydrogen (secondary N) is 2. The number of hydrogen-bond donors (Lipinski definition) is 2. The van der Waals surface area contributed by atoms with Crippen molar-refractivity contribution in [2.75, 3.05) is 17.7 Å². The van der Waals surface area contributed by atoms with E-state index < -0.39 is 0 Å². The zero-order chi connectivity index (χ0) is 12.3. The molecule has 2 aromatic rings. The van der Waals surface area contributed by atoms with Crippen molar-refractivity contribution < 1.29 is 4.39 Å². The van der Waals surface area contributed by atoms with Crippen LogP contribution in [0.2, 0.25) is 0 Å². The molecular formula is C11H10BrFN4. The molecule has 1 aromatic carbocycles. The van der Waals surface area contributed by atoms with Crippen LogP contribution in [-0.2, 0) is 0 Å². The van der Waals surface area contributed by atoms with Crippen LogP contribution in [0.3, 0.4) is 0 Å². The molecular weight excluding hydrogens is 287 g/mol. The van der Waals surface area contributed by atoms with Crippen LogP contribution in [0.5, 0.6) is 0 Å². The van der Waals surface area contributed by atoms with E-state index in [-0.39, 0.29) is 5.82 Å². The Kier molecular flexibility index (Phi) is 3.53. The van der Waals surface area contributed by atoms with Gasteiger partial charge in [0.1, 0.15) is 11.6 Å². The minimum Gasteiger partial charge on any atom is -0.372 e. The quantitative estimate of drug-likeness (QED) is 0.913. The van der Waals surface area contributed by atoms with E-state index in [9.17, 15) is 4.39 Å². The highest BCUT2D eigenvalue weighted by Crippen LogP contribution is 2.22. The van der Waals surface area contributed by atoms with Gasteiger partial charge in [0.05, 0.1) is 16.9 Å². The molecule has 0 bridgehead atoms. The van der Waals surface area contributed by atoms with Gasteiger partial charge in [0.2, 0.25) is 0 Å². The molecule has 0 radical (unpaired) electrons. The molecule has 2 rings (SSSR count). The second-order valence-corrected chi connectivity index (χ2v) is 4.15. The molecule has 4 nitrogen and oxygen atoms in total. The minimum absolute atomic E-state index is 0.300. The zero-order valence-electron chi connectivity index (χ0n) is 9.04. The molecule has 0 aliphatic heterocycles. The molecule has 0 saturated carbocycles. The molecule has 0 unspecified atom stereocenters. The van der Waals surface area contributed by atoms with Gasteiger partial charge in [-0.05, 0) is 34.1 Å². The molecule has 0 amide bonds. The van der Waals surface area contributed by atoms with Crippen molar-refractivity contribution in [1.82, 2.24) is 9.97 Å². The van der Waals surface area contributed by atoms with Crippen LogP contribution in [-0.4, -0.2) is 17.0 Å². The normalized spacial score (nSPS) is 10.1. The summed E-state index contributed by atoms with van der Waals surface area (Å²) in [6.45, 7) is 0. The van der Waals surface area contributed by atoms with Gasteiger partial charge in [-0.3, -0.25) is 4.98 Å². The van der Waals surface area contributed by atoms with Crippen molar-refractivity contribution in [3.05, 3.63) is 40.9 Å². The third kappa shape index (κ3) is 2.91. The number of nitrogens with zero attached hydrogens (tertiary/aromatic N) is 2. The Morgan fingerprint density at radius 2 is 2.00 bits per heavy atom. The van der Waals surface area contributed by atoms with Crippen LogP contribution in [0, 0.1) is 5.82 Å². The molecule has 17 heavy (non-hydrogen) atoms. The lowest BCUT2D eigenvalue weighted by Crippen LogP contribution is -1.99. The Morgan fingerprint density at radius 3 is 2.71 bits per heavy atom. The molecule has 0 fully saturated rings. The summed E-state index contributed by atoms with van der Waals surface area (Å²) >= 11 is 3.12. The first kappa shape index (κ1) is 11.8. The molecule has 0 spiro atoms. The fraction of sp³-hybridized carbons (Fsp3) is 0.0909. The summed E-state index contributed by atoms with van der Waals surface area (Å²) in [4.78, 5) is 8.26. The van der Waals surface area contributed by atoms with Crippen molar-refractivity contribution in [1.29, 1.82) is 0 Å². The van der Waals surface area contributed by atoms with Gasteiger partial charge >= 0.3 is 0 Å². The number of aromatic nitrogens is 2. The Balaban J connectivity index is 2.22. The van der Waals surface area contributed by atoms with E-state index in [0.717, 1.165) is 5.69 Å². The lowest BCUT2D eigenvalue weighted by Gasteiger charge is -2.07. The summed E-state index contributed by atoms with van der Waals surface area (Å²) in [5.41, 5.74) is 0.737. The third-order valence-corrected chi connectivity index (χ3v) is 2.69. The Bertz CT molecular complexity index is 533. The van der Waals surface area contributed by atoms with Crippen LogP contribution in [0.1, 0.15) is 0 Å². The van der Waals surface area contributed by atoms with E-state index in [1.807, 2.05) is 0 Å². The topological polar surface area (TPSA) is 49.8 Å². The summed E-state index contributed by atoms with van der Waals surface area (Å²) in [6, 6.07) is 4.65. The first-order valence-electron chi connectivity index (χ1n) is 4.91. The van der Waals surface area contributed by atoms with E-state index in [4.69, 9.17) is 0 Å². The summed E-state index contributed by atoms with van der Waals surface area (Å²) in [5.74, 6) is 0.956. The molecule has 2 N–H and O–H groups in total. The first-order valence-corrected chi connectivity index (χ1v) is 5.70. The highest BCUT2D eigenvalue weighted by Gasteiger charge is 2.02. The second kappa shape index (κ2) is 5.09. The van der Waals surface area contributed by atoms with Gasteiger partial charge in [-0.15, -0.1) is 0 Å². The van der Waals surface area contributed by atoms with Crippen LogP contribution < -0.4 is 10.6 Å². The number of benzene rings is 1. The lowest BCUT2D eigenvalue weighted by molar-refractivity contribution is 0.621. The molecule has 6 heteroatoms. The zero-order valence-corrected chi connectivity index (χ0v) is 10.6. The predicted octanol–water partition coefficient (Wildman–Crippen LogP) is 3.16. The highest BCUT2D eigenvalue weighted by molar-refractivity contribution is 9.10. The maximum absolute atomic E-state index is 13.0. The standard InChI is InChI=1S/C11H10BrFN4/c1-14-10-5-15-6-11(17-10)16-7-2-3-9(13)8(12)4-7/h2-6H,1H3,(H2,14,16,17). The summed E-state index contributed by atoms with van der Waals surface area (Å²) < 4.78 is 13.4. The van der Waals surface area contributed by atoms with Crippen molar-refractivity contribution >= 4 is 33.3 Å². The maximum Gasteiger partial charge on any atom is 0.151 e. The Hall–Kier alpha value is -1.69.